The Kier molecular flexibility index (Phi) is 13.9. The third-order valence-corrected chi connectivity index (χ3v) is 6.75. The molecule has 0 bridgehead atoms. The maximum absolute atomic E-state index is 13.7. The van der Waals surface area contributed by atoms with Crippen molar-refractivity contribution in [3.63, 3.8) is 0 Å². The molecule has 0 saturated carbocycles. The number of aromatic nitrogens is 2. The fraction of sp³-hybridized carbons (Fsp3) is 0.303. The largest absolute Gasteiger partial charge is 0.467 e. The summed E-state index contributed by atoms with van der Waals surface area (Å²) in [6.07, 6.45) is 1.59. The molecular weight excluding hydrogens is 626 g/mol. The van der Waals surface area contributed by atoms with E-state index < -0.39 is 48.2 Å². The Morgan fingerprint density at radius 3 is 2.19 bits per heavy atom. The zero-order valence-corrected chi connectivity index (χ0v) is 27.3. The van der Waals surface area contributed by atoms with Crippen LogP contribution in [0.25, 0.3) is 0 Å². The first-order valence-electron chi connectivity index (χ1n) is 14.8. The highest BCUT2D eigenvalue weighted by Crippen LogP contribution is 2.11. The summed E-state index contributed by atoms with van der Waals surface area (Å²) in [5, 5.41) is 13.3. The average molecular weight is 664 g/mol. The summed E-state index contributed by atoms with van der Waals surface area (Å²) in [5.41, 5.74) is 1.32. The molecule has 13 nitrogen and oxygen atoms in total. The van der Waals surface area contributed by atoms with E-state index in [1.807, 2.05) is 19.9 Å². The summed E-state index contributed by atoms with van der Waals surface area (Å²) in [7, 11) is 1.23. The number of hydrogen-bond acceptors (Lipinski definition) is 9. The molecule has 5 N–H and O–H groups in total. The van der Waals surface area contributed by atoms with E-state index in [4.69, 9.17) is 16.3 Å². The Bertz CT molecular complexity index is 1560. The number of amides is 4. The molecule has 0 aliphatic carbocycles. The van der Waals surface area contributed by atoms with Crippen LogP contribution in [0, 0.1) is 12.8 Å². The van der Waals surface area contributed by atoms with E-state index in [0.29, 0.717) is 12.1 Å². The summed E-state index contributed by atoms with van der Waals surface area (Å²) >= 11 is 6.04. The minimum absolute atomic E-state index is 0.0576. The normalized spacial score (nSPS) is 12.3. The van der Waals surface area contributed by atoms with Gasteiger partial charge in [-0.25, -0.2) is 14.8 Å². The van der Waals surface area contributed by atoms with Gasteiger partial charge >= 0.3 is 5.97 Å². The third kappa shape index (κ3) is 12.2. The minimum atomic E-state index is -1.17. The summed E-state index contributed by atoms with van der Waals surface area (Å²) in [5.74, 6) is -3.13. The van der Waals surface area contributed by atoms with Crippen molar-refractivity contribution in [2.75, 3.05) is 19.0 Å². The van der Waals surface area contributed by atoms with Crippen LogP contribution in [0.15, 0.2) is 78.6 Å². The topological polar surface area (TPSA) is 181 Å². The Hall–Kier alpha value is -5.30. The smallest absolute Gasteiger partial charge is 0.328 e. The zero-order chi connectivity index (χ0) is 34.3. The van der Waals surface area contributed by atoms with Gasteiger partial charge in [-0.2, -0.15) is 0 Å². The Labute approximate surface area is 277 Å². The first kappa shape index (κ1) is 36.2. The number of aryl methyl sites for hydroxylation is 1. The van der Waals surface area contributed by atoms with Crippen LogP contribution in [-0.2, 0) is 30.3 Å². The van der Waals surface area contributed by atoms with Gasteiger partial charge in [-0.3, -0.25) is 19.2 Å². The molecule has 0 fully saturated rings. The fourth-order valence-electron chi connectivity index (χ4n) is 4.33. The van der Waals surface area contributed by atoms with E-state index in [0.717, 1.165) is 5.56 Å². The Balaban J connectivity index is 1.82. The molecule has 248 valence electrons. The average Bonchev–Trinajstić information content (AvgIpc) is 3.04. The molecule has 14 heteroatoms. The molecule has 2 aromatic carbocycles. The number of benzene rings is 2. The lowest BCUT2D eigenvalue weighted by atomic mass is 10.0. The standard InChI is InChI=1S/C33H38ClN7O6/c1-20(2)15-25(32(46)47-4)38-28(42)19-35-30(44)24(17-22-11-7-5-8-12-22)39-31(45)26(40-29(43)23-13-9-6-10-14-23)18-36-33-37-21(3)16-27(34)41-33/h5-14,16,18,20,24-25H,15,17,19H2,1-4H3,(H,35,44)(H,38,42)(H,39,45)(H,40,43)(H,36,37,41)/b26-18+/t24-,25-/m0/s1. The van der Waals surface area contributed by atoms with E-state index in [-0.39, 0.29) is 34.7 Å². The van der Waals surface area contributed by atoms with Crippen LogP contribution in [0.3, 0.4) is 0 Å². The molecule has 47 heavy (non-hydrogen) atoms. The van der Waals surface area contributed by atoms with Gasteiger partial charge in [-0.05, 0) is 43.0 Å². The number of rotatable bonds is 15. The summed E-state index contributed by atoms with van der Waals surface area (Å²) in [4.78, 5) is 73.2. The number of carbonyl (C=O) groups is 5. The van der Waals surface area contributed by atoms with Gasteiger partial charge in [-0.1, -0.05) is 74.0 Å². The third-order valence-electron chi connectivity index (χ3n) is 6.55. The number of halogens is 1. The molecule has 0 saturated heterocycles. The maximum Gasteiger partial charge on any atom is 0.328 e. The van der Waals surface area contributed by atoms with Crippen LogP contribution in [0.5, 0.6) is 0 Å². The van der Waals surface area contributed by atoms with E-state index >= 15 is 0 Å². The molecule has 4 amide bonds. The molecule has 0 unspecified atom stereocenters. The second-order valence-electron chi connectivity index (χ2n) is 10.9. The minimum Gasteiger partial charge on any atom is -0.467 e. The molecule has 0 aliphatic heterocycles. The SMILES string of the molecule is COC(=O)[C@H](CC(C)C)NC(=O)CNC(=O)[C@H](Cc1ccccc1)NC(=O)/C(=C\Nc1nc(C)cc(Cl)n1)NC(=O)c1ccccc1. The van der Waals surface area contributed by atoms with Crippen LogP contribution in [0.4, 0.5) is 5.95 Å². The van der Waals surface area contributed by atoms with Crippen LogP contribution in [0.2, 0.25) is 5.15 Å². The van der Waals surface area contributed by atoms with Crippen LogP contribution < -0.4 is 26.6 Å². The zero-order valence-electron chi connectivity index (χ0n) is 26.5. The summed E-state index contributed by atoms with van der Waals surface area (Å²) in [6.45, 7) is 5.03. The van der Waals surface area contributed by atoms with Crippen LogP contribution in [-0.4, -0.2) is 65.3 Å². The number of ether oxygens (including phenoxy) is 1. The molecule has 2 atom stereocenters. The van der Waals surface area contributed by atoms with E-state index in [2.05, 4.69) is 36.6 Å². The molecule has 0 spiro atoms. The number of methoxy groups -OCH3 is 1. The first-order valence-corrected chi connectivity index (χ1v) is 15.2. The van der Waals surface area contributed by atoms with Crippen LogP contribution >= 0.6 is 11.6 Å². The van der Waals surface area contributed by atoms with Crippen LogP contribution in [0.1, 0.15) is 41.9 Å². The van der Waals surface area contributed by atoms with Gasteiger partial charge in [0.1, 0.15) is 22.9 Å². The molecule has 0 radical (unpaired) electrons. The molecule has 3 rings (SSSR count). The number of nitrogens with one attached hydrogen (secondary N) is 5. The fourth-order valence-corrected chi connectivity index (χ4v) is 4.57. The molecular formula is C33H38ClN7O6. The molecule has 0 aliphatic rings. The Morgan fingerprint density at radius 2 is 1.57 bits per heavy atom. The maximum atomic E-state index is 13.7. The van der Waals surface area contributed by atoms with Crippen molar-refractivity contribution in [3.05, 3.63) is 101 Å². The number of nitrogens with zero attached hydrogens (tertiary/aromatic N) is 2. The van der Waals surface area contributed by atoms with Gasteiger partial charge in [0.05, 0.1) is 13.7 Å². The van der Waals surface area contributed by atoms with Crippen molar-refractivity contribution in [2.45, 2.75) is 45.7 Å². The second-order valence-corrected chi connectivity index (χ2v) is 11.3. The lowest BCUT2D eigenvalue weighted by molar-refractivity contribution is -0.145. The van der Waals surface area contributed by atoms with E-state index in [1.165, 1.54) is 13.3 Å². The lowest BCUT2D eigenvalue weighted by Gasteiger charge is -2.21. The highest BCUT2D eigenvalue weighted by Gasteiger charge is 2.26. The van der Waals surface area contributed by atoms with Crippen molar-refractivity contribution in [2.24, 2.45) is 5.92 Å². The van der Waals surface area contributed by atoms with Gasteiger partial charge in [0.25, 0.3) is 11.8 Å². The Morgan fingerprint density at radius 1 is 0.915 bits per heavy atom. The molecule has 3 aromatic rings. The van der Waals surface area contributed by atoms with Crippen molar-refractivity contribution in [1.29, 1.82) is 0 Å². The van der Waals surface area contributed by atoms with Crippen molar-refractivity contribution < 1.29 is 28.7 Å². The lowest BCUT2D eigenvalue weighted by Crippen LogP contribution is -2.52. The quantitative estimate of drug-likeness (QED) is 0.0928. The number of esters is 1. The highest BCUT2D eigenvalue weighted by atomic mass is 35.5. The monoisotopic (exact) mass is 663 g/mol. The van der Waals surface area contributed by atoms with Gasteiger partial charge < -0.3 is 31.3 Å². The second kappa shape index (κ2) is 18.0. The van der Waals surface area contributed by atoms with Gasteiger partial charge in [0, 0.05) is 23.9 Å². The molecule has 1 aromatic heterocycles. The number of anilines is 1. The number of hydrogen-bond donors (Lipinski definition) is 5. The number of carbonyl (C=O) groups excluding carboxylic acids is 5. The predicted molar refractivity (Wildman–Crippen MR) is 176 cm³/mol. The van der Waals surface area contributed by atoms with Crippen molar-refractivity contribution >= 4 is 47.1 Å². The van der Waals surface area contributed by atoms with E-state index in [9.17, 15) is 24.0 Å². The van der Waals surface area contributed by atoms with Gasteiger partial charge in [0.15, 0.2) is 0 Å². The van der Waals surface area contributed by atoms with Crippen molar-refractivity contribution in [1.82, 2.24) is 31.2 Å². The van der Waals surface area contributed by atoms with E-state index in [1.54, 1.807) is 67.6 Å². The van der Waals surface area contributed by atoms with Gasteiger partial charge in [-0.15, -0.1) is 0 Å². The predicted octanol–water partition coefficient (Wildman–Crippen LogP) is 2.67. The molecule has 1 heterocycles. The van der Waals surface area contributed by atoms with Gasteiger partial charge in [0.2, 0.25) is 17.8 Å². The van der Waals surface area contributed by atoms with Crippen molar-refractivity contribution in [3.8, 4) is 0 Å². The summed E-state index contributed by atoms with van der Waals surface area (Å²) < 4.78 is 4.78. The first-order chi connectivity index (χ1) is 22.4. The summed E-state index contributed by atoms with van der Waals surface area (Å²) in [6, 6.07) is 16.7. The highest BCUT2D eigenvalue weighted by molar-refractivity contribution is 6.29.